The van der Waals surface area contributed by atoms with Gasteiger partial charge in [-0.3, -0.25) is 14.5 Å². The summed E-state index contributed by atoms with van der Waals surface area (Å²) >= 11 is 0. The molecule has 8 nitrogen and oxygen atoms in total. The van der Waals surface area contributed by atoms with Crippen molar-refractivity contribution in [1.29, 1.82) is 0 Å². The number of ether oxygens (including phenoxy) is 1. The maximum absolute atomic E-state index is 12.1. The first-order valence-corrected chi connectivity index (χ1v) is 10.0. The molecule has 8 heteroatoms. The third kappa shape index (κ3) is 6.47. The van der Waals surface area contributed by atoms with Crippen LogP contribution in [0.1, 0.15) is 6.42 Å². The Kier molecular flexibility index (Phi) is 7.64. The van der Waals surface area contributed by atoms with Crippen molar-refractivity contribution in [3.63, 3.8) is 0 Å². The van der Waals surface area contributed by atoms with Crippen LogP contribution in [-0.2, 0) is 14.3 Å². The number of nitrogens with zero attached hydrogens (tertiary/aromatic N) is 3. The van der Waals surface area contributed by atoms with Gasteiger partial charge in [-0.1, -0.05) is 0 Å². The van der Waals surface area contributed by atoms with Gasteiger partial charge in [0.1, 0.15) is 6.42 Å². The Morgan fingerprint density at radius 1 is 0.964 bits per heavy atom. The van der Waals surface area contributed by atoms with Crippen LogP contribution in [0.15, 0.2) is 24.3 Å². The van der Waals surface area contributed by atoms with Crippen LogP contribution in [0.3, 0.4) is 0 Å². The molecule has 1 aromatic rings. The van der Waals surface area contributed by atoms with Crippen molar-refractivity contribution in [3.8, 4) is 0 Å². The number of likely N-dealkylation sites (N-methyl/N-ethyl adjacent to an activating group) is 1. The van der Waals surface area contributed by atoms with Gasteiger partial charge in [-0.25, -0.2) is 0 Å². The van der Waals surface area contributed by atoms with E-state index in [4.69, 9.17) is 4.74 Å². The normalized spacial score (nSPS) is 18.7. The monoisotopic (exact) mass is 389 g/mol. The van der Waals surface area contributed by atoms with Crippen LogP contribution >= 0.6 is 0 Å². The van der Waals surface area contributed by atoms with E-state index in [1.165, 1.54) is 0 Å². The Labute approximate surface area is 166 Å². The molecule has 0 bridgehead atoms. The molecule has 0 aliphatic carbocycles. The van der Waals surface area contributed by atoms with Crippen LogP contribution in [0, 0.1) is 0 Å². The highest BCUT2D eigenvalue weighted by Crippen LogP contribution is 2.19. The third-order valence-corrected chi connectivity index (χ3v) is 5.19. The fraction of sp³-hybridized carbons (Fsp3) is 0.600. The van der Waals surface area contributed by atoms with Gasteiger partial charge < -0.3 is 25.2 Å². The molecule has 2 amide bonds. The lowest BCUT2D eigenvalue weighted by molar-refractivity contribution is -0.126. The number of rotatable bonds is 7. The number of benzene rings is 1. The van der Waals surface area contributed by atoms with E-state index < -0.39 is 0 Å². The average molecular weight is 390 g/mol. The second-order valence-corrected chi connectivity index (χ2v) is 7.37. The predicted molar refractivity (Wildman–Crippen MR) is 110 cm³/mol. The first-order chi connectivity index (χ1) is 13.6. The zero-order valence-corrected chi connectivity index (χ0v) is 16.7. The highest BCUT2D eigenvalue weighted by atomic mass is 16.5. The fourth-order valence-electron chi connectivity index (χ4n) is 3.41. The van der Waals surface area contributed by atoms with Gasteiger partial charge in [-0.2, -0.15) is 0 Å². The molecule has 0 saturated carbocycles. The van der Waals surface area contributed by atoms with Crippen LogP contribution in [0.2, 0.25) is 0 Å². The van der Waals surface area contributed by atoms with Gasteiger partial charge in [-0.05, 0) is 31.3 Å². The van der Waals surface area contributed by atoms with Gasteiger partial charge in [0, 0.05) is 63.7 Å². The first-order valence-electron chi connectivity index (χ1n) is 10.0. The van der Waals surface area contributed by atoms with E-state index >= 15 is 0 Å². The van der Waals surface area contributed by atoms with Gasteiger partial charge in [0.15, 0.2) is 0 Å². The molecule has 0 unspecified atom stereocenters. The summed E-state index contributed by atoms with van der Waals surface area (Å²) in [5.41, 5.74) is 1.87. The van der Waals surface area contributed by atoms with Gasteiger partial charge in [0.25, 0.3) is 0 Å². The molecule has 1 aromatic carbocycles. The molecule has 0 radical (unpaired) electrons. The minimum Gasteiger partial charge on any atom is -0.379 e. The van der Waals surface area contributed by atoms with E-state index in [9.17, 15) is 9.59 Å². The summed E-state index contributed by atoms with van der Waals surface area (Å²) in [5.74, 6) is -0.545. The second kappa shape index (κ2) is 10.4. The molecular formula is C20H31N5O3. The number of carbonyl (C=O) groups is 2. The molecule has 2 N–H and O–H groups in total. The van der Waals surface area contributed by atoms with Crippen molar-refractivity contribution in [3.05, 3.63) is 24.3 Å². The molecule has 0 aromatic heterocycles. The summed E-state index contributed by atoms with van der Waals surface area (Å²) in [6.07, 6.45) is -0.163. The third-order valence-electron chi connectivity index (χ3n) is 5.19. The largest absolute Gasteiger partial charge is 0.379 e. The van der Waals surface area contributed by atoms with E-state index in [0.717, 1.165) is 64.7 Å². The standard InChI is InChI=1S/C20H31N5O3/c1-23-8-10-25(11-9-23)18-4-2-17(3-5-18)22-20(27)16-19(26)21-6-7-24-12-14-28-15-13-24/h2-5H,6-16H2,1H3,(H,21,26)(H,22,27). The van der Waals surface area contributed by atoms with Gasteiger partial charge in [-0.15, -0.1) is 0 Å². The lowest BCUT2D eigenvalue weighted by Gasteiger charge is -2.34. The molecule has 2 saturated heterocycles. The average Bonchev–Trinajstić information content (AvgIpc) is 2.70. The second-order valence-electron chi connectivity index (χ2n) is 7.37. The number of amides is 2. The SMILES string of the molecule is CN1CCN(c2ccc(NC(=O)CC(=O)NCCN3CCOCC3)cc2)CC1. The Bertz CT molecular complexity index is 638. The smallest absolute Gasteiger partial charge is 0.233 e. The number of nitrogens with one attached hydrogen (secondary N) is 2. The Morgan fingerprint density at radius 3 is 2.32 bits per heavy atom. The zero-order chi connectivity index (χ0) is 19.8. The summed E-state index contributed by atoms with van der Waals surface area (Å²) < 4.78 is 5.30. The quantitative estimate of drug-likeness (QED) is 0.650. The van der Waals surface area contributed by atoms with Crippen LogP contribution in [0.5, 0.6) is 0 Å². The number of morpholine rings is 1. The van der Waals surface area contributed by atoms with E-state index in [0.29, 0.717) is 12.2 Å². The molecular weight excluding hydrogens is 358 g/mol. The van der Waals surface area contributed by atoms with Crippen molar-refractivity contribution in [2.75, 3.05) is 82.8 Å². The summed E-state index contributed by atoms with van der Waals surface area (Å²) in [6.45, 7) is 8.71. The van der Waals surface area contributed by atoms with Crippen LogP contribution in [-0.4, -0.2) is 94.2 Å². The molecule has 0 spiro atoms. The highest BCUT2D eigenvalue weighted by molar-refractivity contribution is 6.03. The van der Waals surface area contributed by atoms with Crippen LogP contribution in [0.25, 0.3) is 0 Å². The van der Waals surface area contributed by atoms with Gasteiger partial charge >= 0.3 is 0 Å². The van der Waals surface area contributed by atoms with Crippen LogP contribution < -0.4 is 15.5 Å². The molecule has 2 aliphatic rings. The lowest BCUT2D eigenvalue weighted by Crippen LogP contribution is -2.44. The Balaban J connectivity index is 1.36. The van der Waals surface area contributed by atoms with Crippen molar-refractivity contribution in [1.82, 2.24) is 15.1 Å². The first kappa shape index (κ1) is 20.6. The van der Waals surface area contributed by atoms with Gasteiger partial charge in [0.05, 0.1) is 13.2 Å². The van der Waals surface area contributed by atoms with Gasteiger partial charge in [0.2, 0.25) is 11.8 Å². The van der Waals surface area contributed by atoms with Crippen molar-refractivity contribution < 1.29 is 14.3 Å². The summed E-state index contributed by atoms with van der Waals surface area (Å²) in [5, 5.41) is 5.61. The minimum atomic E-state index is -0.295. The maximum Gasteiger partial charge on any atom is 0.233 e. The van der Waals surface area contributed by atoms with Crippen molar-refractivity contribution in [2.24, 2.45) is 0 Å². The molecule has 2 fully saturated rings. The summed E-state index contributed by atoms with van der Waals surface area (Å²) in [4.78, 5) is 30.9. The number of carbonyl (C=O) groups excluding carboxylic acids is 2. The Morgan fingerprint density at radius 2 is 1.64 bits per heavy atom. The molecule has 2 heterocycles. The van der Waals surface area contributed by atoms with Crippen LogP contribution in [0.4, 0.5) is 11.4 Å². The molecule has 154 valence electrons. The zero-order valence-electron chi connectivity index (χ0n) is 16.7. The van der Waals surface area contributed by atoms with E-state index in [1.54, 1.807) is 0 Å². The van der Waals surface area contributed by atoms with Crippen molar-refractivity contribution >= 4 is 23.2 Å². The lowest BCUT2D eigenvalue weighted by atomic mass is 10.2. The minimum absolute atomic E-state index is 0.163. The highest BCUT2D eigenvalue weighted by Gasteiger charge is 2.15. The van der Waals surface area contributed by atoms with Crippen molar-refractivity contribution in [2.45, 2.75) is 6.42 Å². The van der Waals surface area contributed by atoms with E-state index in [-0.39, 0.29) is 18.2 Å². The molecule has 3 rings (SSSR count). The molecule has 28 heavy (non-hydrogen) atoms. The number of hydrogen-bond donors (Lipinski definition) is 2. The number of piperazine rings is 1. The fourth-order valence-corrected chi connectivity index (χ4v) is 3.41. The van der Waals surface area contributed by atoms with E-state index in [1.807, 2.05) is 24.3 Å². The number of hydrogen-bond acceptors (Lipinski definition) is 6. The summed E-state index contributed by atoms with van der Waals surface area (Å²) in [7, 11) is 2.13. The predicted octanol–water partition coefficient (Wildman–Crippen LogP) is 0.215. The molecule has 0 atom stereocenters. The Hall–Kier alpha value is -2.16. The number of anilines is 2. The molecule has 2 aliphatic heterocycles. The summed E-state index contributed by atoms with van der Waals surface area (Å²) in [6, 6.07) is 7.82. The maximum atomic E-state index is 12.1. The van der Waals surface area contributed by atoms with E-state index in [2.05, 4.69) is 32.4 Å². The topological polar surface area (TPSA) is 77.1 Å².